The van der Waals surface area contributed by atoms with Crippen molar-refractivity contribution in [2.24, 2.45) is 35.5 Å². The lowest BCUT2D eigenvalue weighted by molar-refractivity contribution is -0.124. The molecular formula is C19H19NO2. The normalized spacial score (nSPS) is 40.9. The zero-order chi connectivity index (χ0) is 15.2. The summed E-state index contributed by atoms with van der Waals surface area (Å²) in [5.41, 5.74) is 2.94. The molecular weight excluding hydrogens is 274 g/mol. The van der Waals surface area contributed by atoms with Gasteiger partial charge < -0.3 is 0 Å². The molecule has 3 heteroatoms. The van der Waals surface area contributed by atoms with Gasteiger partial charge in [0.1, 0.15) is 0 Å². The van der Waals surface area contributed by atoms with Gasteiger partial charge in [-0.2, -0.15) is 0 Å². The van der Waals surface area contributed by atoms with Crippen LogP contribution in [0, 0.1) is 49.4 Å². The Morgan fingerprint density at radius 3 is 2.09 bits per heavy atom. The molecule has 0 aromatic heterocycles. The Kier molecular flexibility index (Phi) is 2.23. The second kappa shape index (κ2) is 3.89. The van der Waals surface area contributed by atoms with Crippen LogP contribution in [0.4, 0.5) is 5.69 Å². The minimum Gasteiger partial charge on any atom is -0.274 e. The van der Waals surface area contributed by atoms with Crippen LogP contribution in [0.15, 0.2) is 30.4 Å². The molecule has 2 bridgehead atoms. The van der Waals surface area contributed by atoms with Gasteiger partial charge >= 0.3 is 0 Å². The SMILES string of the molecule is Cc1ccc(N2C(=O)[C@@H]3[C@@H]4C=C[C@@H]([C@@H]5C[C@H]45)[C@@H]3C2=O)c(C)c1. The smallest absolute Gasteiger partial charge is 0.238 e. The second-order valence-corrected chi connectivity index (χ2v) is 7.46. The molecule has 0 spiro atoms. The topological polar surface area (TPSA) is 37.4 Å². The van der Waals surface area contributed by atoms with Crippen molar-refractivity contribution in [2.75, 3.05) is 4.90 Å². The summed E-state index contributed by atoms with van der Waals surface area (Å²) in [5.74, 6) is 1.77. The molecule has 0 N–H and O–H groups in total. The number of rotatable bonds is 1. The summed E-state index contributed by atoms with van der Waals surface area (Å²) in [7, 11) is 0. The maximum atomic E-state index is 13.0. The van der Waals surface area contributed by atoms with E-state index in [4.69, 9.17) is 0 Å². The Bertz CT molecular complexity index is 714. The highest BCUT2D eigenvalue weighted by Gasteiger charge is 2.67. The van der Waals surface area contributed by atoms with Gasteiger partial charge in [-0.3, -0.25) is 9.59 Å². The number of hydrogen-bond acceptors (Lipinski definition) is 2. The highest BCUT2D eigenvalue weighted by atomic mass is 16.2. The molecule has 2 amide bonds. The monoisotopic (exact) mass is 293 g/mol. The number of hydrogen-bond donors (Lipinski definition) is 0. The van der Waals surface area contributed by atoms with E-state index in [0.29, 0.717) is 23.7 Å². The quantitative estimate of drug-likeness (QED) is 0.590. The van der Waals surface area contributed by atoms with Gasteiger partial charge in [0.15, 0.2) is 0 Å². The summed E-state index contributed by atoms with van der Waals surface area (Å²) in [4.78, 5) is 27.5. The molecule has 1 saturated heterocycles. The van der Waals surface area contributed by atoms with Crippen LogP contribution < -0.4 is 4.90 Å². The molecule has 4 aliphatic carbocycles. The van der Waals surface area contributed by atoms with Crippen LogP contribution in [0.25, 0.3) is 0 Å². The van der Waals surface area contributed by atoms with Crippen molar-refractivity contribution in [3.8, 4) is 0 Å². The van der Waals surface area contributed by atoms with Gasteiger partial charge in [-0.05, 0) is 55.6 Å². The fourth-order valence-electron chi connectivity index (χ4n) is 5.25. The van der Waals surface area contributed by atoms with Gasteiger partial charge in [0.2, 0.25) is 11.8 Å². The Morgan fingerprint density at radius 1 is 0.955 bits per heavy atom. The maximum Gasteiger partial charge on any atom is 0.238 e. The number of allylic oxidation sites excluding steroid dienone is 2. The summed E-state index contributed by atoms with van der Waals surface area (Å²) < 4.78 is 0. The Labute approximate surface area is 130 Å². The third kappa shape index (κ3) is 1.37. The number of carbonyl (C=O) groups is 2. The molecule has 22 heavy (non-hydrogen) atoms. The van der Waals surface area contributed by atoms with Crippen molar-refractivity contribution in [1.82, 2.24) is 0 Å². The molecule has 1 heterocycles. The molecule has 1 aliphatic heterocycles. The molecule has 3 nitrogen and oxygen atoms in total. The van der Waals surface area contributed by atoms with Crippen LogP contribution in [0.2, 0.25) is 0 Å². The number of imide groups is 1. The standard InChI is InChI=1S/C19H19NO2/c1-9-3-6-15(10(2)7-9)20-18(21)16-11-4-5-12(14-8-13(11)14)17(16)19(20)22/h3-7,11-14,16-17H,8H2,1-2H3/t11-,12+,13-,14+,16-,17+. The van der Waals surface area contributed by atoms with Crippen LogP contribution in [0.5, 0.6) is 0 Å². The van der Waals surface area contributed by atoms with Crippen molar-refractivity contribution >= 4 is 17.5 Å². The van der Waals surface area contributed by atoms with E-state index >= 15 is 0 Å². The van der Waals surface area contributed by atoms with E-state index in [1.54, 1.807) is 0 Å². The minimum absolute atomic E-state index is 0.0339. The van der Waals surface area contributed by atoms with Crippen LogP contribution in [0.1, 0.15) is 17.5 Å². The van der Waals surface area contributed by atoms with Gasteiger partial charge in [0, 0.05) is 0 Å². The van der Waals surface area contributed by atoms with E-state index in [-0.39, 0.29) is 23.7 Å². The number of aryl methyl sites for hydroxylation is 2. The third-order valence-electron chi connectivity index (χ3n) is 6.26. The lowest BCUT2D eigenvalue weighted by Crippen LogP contribution is -2.40. The van der Waals surface area contributed by atoms with Gasteiger partial charge in [-0.25, -0.2) is 4.90 Å². The summed E-state index contributed by atoms with van der Waals surface area (Å²) in [6.07, 6.45) is 5.65. The molecule has 3 fully saturated rings. The average Bonchev–Trinajstić information content (AvgIpc) is 3.26. The van der Waals surface area contributed by atoms with Crippen molar-refractivity contribution in [3.63, 3.8) is 0 Å². The first-order valence-electron chi connectivity index (χ1n) is 8.21. The molecule has 1 aromatic carbocycles. The second-order valence-electron chi connectivity index (χ2n) is 7.46. The van der Waals surface area contributed by atoms with Gasteiger partial charge in [-0.1, -0.05) is 29.8 Å². The molecule has 2 saturated carbocycles. The molecule has 0 unspecified atom stereocenters. The molecule has 5 aliphatic rings. The van der Waals surface area contributed by atoms with Crippen LogP contribution in [0.3, 0.4) is 0 Å². The summed E-state index contributed by atoms with van der Waals surface area (Å²) in [5, 5.41) is 0. The van der Waals surface area contributed by atoms with E-state index in [0.717, 1.165) is 16.8 Å². The highest BCUT2D eigenvalue weighted by Crippen LogP contribution is 2.65. The zero-order valence-corrected chi connectivity index (χ0v) is 12.8. The lowest BCUT2D eigenvalue weighted by Gasteiger charge is -2.37. The summed E-state index contributed by atoms with van der Waals surface area (Å²) in [6, 6.07) is 5.95. The number of amides is 2. The molecule has 0 radical (unpaired) electrons. The fourth-order valence-corrected chi connectivity index (χ4v) is 5.25. The van der Waals surface area contributed by atoms with Gasteiger partial charge in [0.25, 0.3) is 0 Å². The number of carbonyl (C=O) groups excluding carboxylic acids is 2. The first-order valence-corrected chi connectivity index (χ1v) is 8.21. The average molecular weight is 293 g/mol. The molecule has 6 rings (SSSR count). The van der Waals surface area contributed by atoms with Gasteiger partial charge in [0.05, 0.1) is 17.5 Å². The summed E-state index contributed by atoms with van der Waals surface area (Å²) in [6.45, 7) is 4.01. The Hall–Kier alpha value is -1.90. The maximum absolute atomic E-state index is 13.0. The molecule has 6 atom stereocenters. The van der Waals surface area contributed by atoms with Gasteiger partial charge in [-0.15, -0.1) is 0 Å². The van der Waals surface area contributed by atoms with Crippen LogP contribution in [-0.2, 0) is 9.59 Å². The van der Waals surface area contributed by atoms with E-state index in [2.05, 4.69) is 12.2 Å². The third-order valence-corrected chi connectivity index (χ3v) is 6.26. The number of benzene rings is 1. The number of nitrogens with zero attached hydrogens (tertiary/aromatic N) is 1. The predicted octanol–water partition coefficient (Wildman–Crippen LogP) is 2.86. The van der Waals surface area contributed by atoms with E-state index in [9.17, 15) is 9.59 Å². The van der Waals surface area contributed by atoms with Crippen molar-refractivity contribution in [3.05, 3.63) is 41.5 Å². The fraction of sp³-hybridized carbons (Fsp3) is 0.474. The first-order chi connectivity index (χ1) is 10.6. The lowest BCUT2D eigenvalue weighted by atomic mass is 9.63. The molecule has 112 valence electrons. The van der Waals surface area contributed by atoms with Crippen LogP contribution in [-0.4, -0.2) is 11.8 Å². The van der Waals surface area contributed by atoms with Crippen molar-refractivity contribution in [1.29, 1.82) is 0 Å². The summed E-state index contributed by atoms with van der Waals surface area (Å²) >= 11 is 0. The first kappa shape index (κ1) is 12.6. The minimum atomic E-state index is -0.105. The van der Waals surface area contributed by atoms with E-state index in [1.807, 2.05) is 32.0 Å². The van der Waals surface area contributed by atoms with Crippen LogP contribution >= 0.6 is 0 Å². The largest absolute Gasteiger partial charge is 0.274 e. The zero-order valence-electron chi connectivity index (χ0n) is 12.8. The van der Waals surface area contributed by atoms with E-state index in [1.165, 1.54) is 11.3 Å². The van der Waals surface area contributed by atoms with Crippen molar-refractivity contribution in [2.45, 2.75) is 20.3 Å². The molecule has 1 aromatic rings. The Balaban J connectivity index is 1.60. The van der Waals surface area contributed by atoms with Crippen molar-refractivity contribution < 1.29 is 9.59 Å². The van der Waals surface area contributed by atoms with E-state index < -0.39 is 0 Å². The number of anilines is 1. The predicted molar refractivity (Wildman–Crippen MR) is 83.1 cm³/mol. The Morgan fingerprint density at radius 2 is 1.55 bits per heavy atom. The highest BCUT2D eigenvalue weighted by molar-refractivity contribution is 6.23.